The molecule has 4 rings (SSSR count). The Morgan fingerprint density at radius 2 is 1.97 bits per heavy atom. The first-order chi connectivity index (χ1) is 15.1. The van der Waals surface area contributed by atoms with Gasteiger partial charge in [0.15, 0.2) is 11.6 Å². The summed E-state index contributed by atoms with van der Waals surface area (Å²) >= 11 is 0. The average Bonchev–Trinajstić information content (AvgIpc) is 2.80. The monoisotopic (exact) mass is 420 g/mol. The van der Waals surface area contributed by atoms with Gasteiger partial charge in [0.25, 0.3) is 5.91 Å². The second-order valence-electron chi connectivity index (χ2n) is 7.58. The van der Waals surface area contributed by atoms with E-state index in [1.807, 2.05) is 43.3 Å². The van der Waals surface area contributed by atoms with Crippen molar-refractivity contribution in [2.45, 2.75) is 31.8 Å². The molecule has 3 aromatic rings. The SMILES string of the molecule is COc1c(F)cccc1C(=O)N1CCC[C@H](Nc2nccc(-c3ccccc3)n2)[C@@H]1C. The fraction of sp³-hybridized carbons (Fsp3) is 0.292. The largest absolute Gasteiger partial charge is 0.493 e. The number of piperidine rings is 1. The van der Waals surface area contributed by atoms with Crippen LogP contribution in [0.2, 0.25) is 0 Å². The Bertz CT molecular complexity index is 1060. The van der Waals surface area contributed by atoms with Crippen molar-refractivity contribution in [3.05, 3.63) is 72.2 Å². The van der Waals surface area contributed by atoms with Gasteiger partial charge in [0.1, 0.15) is 0 Å². The summed E-state index contributed by atoms with van der Waals surface area (Å²) in [6.07, 6.45) is 3.43. The molecule has 0 saturated carbocycles. The van der Waals surface area contributed by atoms with Crippen LogP contribution in [0, 0.1) is 5.82 Å². The number of likely N-dealkylation sites (tertiary alicyclic amines) is 1. The van der Waals surface area contributed by atoms with Crippen molar-refractivity contribution in [2.75, 3.05) is 19.0 Å². The molecule has 1 fully saturated rings. The van der Waals surface area contributed by atoms with Gasteiger partial charge < -0.3 is 15.0 Å². The van der Waals surface area contributed by atoms with E-state index < -0.39 is 5.82 Å². The van der Waals surface area contributed by atoms with Crippen LogP contribution in [0.4, 0.5) is 10.3 Å². The molecule has 2 aromatic carbocycles. The molecule has 1 amide bonds. The van der Waals surface area contributed by atoms with Crippen LogP contribution in [-0.4, -0.2) is 46.5 Å². The molecule has 1 N–H and O–H groups in total. The van der Waals surface area contributed by atoms with E-state index in [1.165, 1.54) is 19.2 Å². The molecule has 1 saturated heterocycles. The Kier molecular flexibility index (Phi) is 6.11. The number of anilines is 1. The Hall–Kier alpha value is -3.48. The summed E-state index contributed by atoms with van der Waals surface area (Å²) in [6, 6.07) is 16.0. The standard InChI is InChI=1S/C24H25FN4O2/c1-16-20(27-24-26-14-13-21(28-24)17-8-4-3-5-9-17)12-7-15-29(16)23(30)18-10-6-11-19(25)22(18)31-2/h3-6,8-11,13-14,16,20H,7,12,15H2,1-2H3,(H,26,27,28)/t16-,20-/m0/s1. The zero-order valence-corrected chi connectivity index (χ0v) is 17.6. The van der Waals surface area contributed by atoms with Gasteiger partial charge in [0, 0.05) is 30.4 Å². The quantitative estimate of drug-likeness (QED) is 0.663. The predicted octanol–water partition coefficient (Wildman–Crippen LogP) is 4.40. The minimum atomic E-state index is -0.543. The summed E-state index contributed by atoms with van der Waals surface area (Å²) in [6.45, 7) is 2.59. The lowest BCUT2D eigenvalue weighted by atomic mass is 9.96. The van der Waals surface area contributed by atoms with E-state index in [2.05, 4.69) is 15.3 Å². The van der Waals surface area contributed by atoms with E-state index >= 15 is 0 Å². The normalized spacial score (nSPS) is 18.5. The molecule has 1 aromatic heterocycles. The number of hydrogen-bond donors (Lipinski definition) is 1. The summed E-state index contributed by atoms with van der Waals surface area (Å²) in [7, 11) is 1.37. The summed E-state index contributed by atoms with van der Waals surface area (Å²) in [5, 5.41) is 3.40. The van der Waals surface area contributed by atoms with Crippen molar-refractivity contribution >= 4 is 11.9 Å². The minimum Gasteiger partial charge on any atom is -0.493 e. The lowest BCUT2D eigenvalue weighted by molar-refractivity contribution is 0.0612. The number of para-hydroxylation sites is 1. The molecule has 1 aliphatic rings. The van der Waals surface area contributed by atoms with Crippen LogP contribution in [0.15, 0.2) is 60.8 Å². The van der Waals surface area contributed by atoms with Crippen LogP contribution in [0.3, 0.4) is 0 Å². The second-order valence-corrected chi connectivity index (χ2v) is 7.58. The maximum atomic E-state index is 14.1. The van der Waals surface area contributed by atoms with E-state index in [1.54, 1.807) is 17.2 Å². The maximum absolute atomic E-state index is 14.1. The predicted molar refractivity (Wildman–Crippen MR) is 118 cm³/mol. The number of ether oxygens (including phenoxy) is 1. The molecule has 6 nitrogen and oxygen atoms in total. The van der Waals surface area contributed by atoms with Crippen LogP contribution in [0.5, 0.6) is 5.75 Å². The van der Waals surface area contributed by atoms with Crippen molar-refractivity contribution in [3.63, 3.8) is 0 Å². The van der Waals surface area contributed by atoms with Gasteiger partial charge in [-0.2, -0.15) is 0 Å². The fourth-order valence-electron chi connectivity index (χ4n) is 4.03. The molecule has 31 heavy (non-hydrogen) atoms. The molecule has 2 heterocycles. The third-order valence-electron chi connectivity index (χ3n) is 5.69. The van der Waals surface area contributed by atoms with Crippen LogP contribution in [0.1, 0.15) is 30.1 Å². The van der Waals surface area contributed by atoms with Gasteiger partial charge in [0.2, 0.25) is 5.95 Å². The average molecular weight is 420 g/mol. The summed E-state index contributed by atoms with van der Waals surface area (Å²) < 4.78 is 19.2. The zero-order chi connectivity index (χ0) is 21.8. The summed E-state index contributed by atoms with van der Waals surface area (Å²) in [5.74, 6) is -0.280. The van der Waals surface area contributed by atoms with Gasteiger partial charge in [0.05, 0.1) is 18.4 Å². The van der Waals surface area contributed by atoms with Crippen LogP contribution in [-0.2, 0) is 0 Å². The minimum absolute atomic E-state index is 0.0197. The molecular formula is C24H25FN4O2. The first-order valence-electron chi connectivity index (χ1n) is 10.4. The number of carbonyl (C=O) groups excluding carboxylic acids is 1. The Morgan fingerprint density at radius 3 is 2.74 bits per heavy atom. The summed E-state index contributed by atoms with van der Waals surface area (Å²) in [4.78, 5) is 24.0. The smallest absolute Gasteiger partial charge is 0.258 e. The number of halogens is 1. The van der Waals surface area contributed by atoms with Crippen molar-refractivity contribution in [1.82, 2.24) is 14.9 Å². The number of benzene rings is 2. The molecule has 7 heteroatoms. The molecule has 0 radical (unpaired) electrons. The van der Waals surface area contributed by atoms with Gasteiger partial charge in [-0.3, -0.25) is 4.79 Å². The number of amides is 1. The Labute approximate surface area is 181 Å². The molecule has 1 aliphatic heterocycles. The highest BCUT2D eigenvalue weighted by Gasteiger charge is 2.33. The first-order valence-corrected chi connectivity index (χ1v) is 10.4. The molecule has 2 atom stereocenters. The second kappa shape index (κ2) is 9.12. The molecular weight excluding hydrogens is 395 g/mol. The van der Waals surface area contributed by atoms with E-state index in [4.69, 9.17) is 4.74 Å². The van der Waals surface area contributed by atoms with Crippen molar-refractivity contribution in [3.8, 4) is 17.0 Å². The number of rotatable bonds is 5. The Balaban J connectivity index is 1.53. The molecule has 0 spiro atoms. The third-order valence-corrected chi connectivity index (χ3v) is 5.69. The number of nitrogens with zero attached hydrogens (tertiary/aromatic N) is 3. The zero-order valence-electron chi connectivity index (χ0n) is 17.6. The highest BCUT2D eigenvalue weighted by atomic mass is 19.1. The molecule has 0 unspecified atom stereocenters. The lowest BCUT2D eigenvalue weighted by Gasteiger charge is -2.40. The highest BCUT2D eigenvalue weighted by molar-refractivity contribution is 5.97. The van der Waals surface area contributed by atoms with E-state index in [0.717, 1.165) is 24.1 Å². The molecule has 160 valence electrons. The van der Waals surface area contributed by atoms with Gasteiger partial charge in [-0.05, 0) is 38.0 Å². The fourth-order valence-corrected chi connectivity index (χ4v) is 4.03. The van der Waals surface area contributed by atoms with Crippen LogP contribution < -0.4 is 10.1 Å². The highest BCUT2D eigenvalue weighted by Crippen LogP contribution is 2.28. The first kappa shape index (κ1) is 20.8. The Morgan fingerprint density at radius 1 is 1.16 bits per heavy atom. The van der Waals surface area contributed by atoms with Crippen molar-refractivity contribution < 1.29 is 13.9 Å². The van der Waals surface area contributed by atoms with E-state index in [-0.39, 0.29) is 29.3 Å². The van der Waals surface area contributed by atoms with E-state index in [9.17, 15) is 9.18 Å². The number of nitrogens with one attached hydrogen (secondary N) is 1. The van der Waals surface area contributed by atoms with Crippen molar-refractivity contribution in [1.29, 1.82) is 0 Å². The number of carbonyl (C=O) groups is 1. The van der Waals surface area contributed by atoms with Gasteiger partial charge in [-0.1, -0.05) is 36.4 Å². The topological polar surface area (TPSA) is 67.3 Å². The van der Waals surface area contributed by atoms with Gasteiger partial charge >= 0.3 is 0 Å². The number of hydrogen-bond acceptors (Lipinski definition) is 5. The number of aromatic nitrogens is 2. The lowest BCUT2D eigenvalue weighted by Crippen LogP contribution is -2.52. The summed E-state index contributed by atoms with van der Waals surface area (Å²) in [5.41, 5.74) is 2.08. The molecule has 0 bridgehead atoms. The molecule has 0 aliphatic carbocycles. The van der Waals surface area contributed by atoms with Crippen LogP contribution >= 0.6 is 0 Å². The van der Waals surface area contributed by atoms with Gasteiger partial charge in [-0.25, -0.2) is 14.4 Å². The van der Waals surface area contributed by atoms with Crippen LogP contribution in [0.25, 0.3) is 11.3 Å². The maximum Gasteiger partial charge on any atom is 0.258 e. The van der Waals surface area contributed by atoms with Gasteiger partial charge in [-0.15, -0.1) is 0 Å². The third kappa shape index (κ3) is 4.35. The number of methoxy groups -OCH3 is 1. The van der Waals surface area contributed by atoms with E-state index in [0.29, 0.717) is 12.5 Å². The van der Waals surface area contributed by atoms with Crippen molar-refractivity contribution in [2.24, 2.45) is 0 Å².